The first kappa shape index (κ1) is 19.8. The lowest BCUT2D eigenvalue weighted by Gasteiger charge is -2.36. The number of carbonyl (C=O) groups is 2. The van der Waals surface area contributed by atoms with E-state index in [0.29, 0.717) is 19.1 Å². The van der Waals surface area contributed by atoms with Crippen LogP contribution < -0.4 is 5.32 Å². The summed E-state index contributed by atoms with van der Waals surface area (Å²) in [6.45, 7) is 4.94. The average molecular weight is 373 g/mol. The Morgan fingerprint density at radius 3 is 2.85 bits per heavy atom. The van der Waals surface area contributed by atoms with E-state index in [9.17, 15) is 9.59 Å². The third-order valence-electron chi connectivity index (χ3n) is 5.74. The summed E-state index contributed by atoms with van der Waals surface area (Å²) >= 11 is 0. The Labute approximate surface area is 162 Å². The molecule has 6 nitrogen and oxygen atoms in total. The van der Waals surface area contributed by atoms with Crippen LogP contribution in [0.1, 0.15) is 57.6 Å². The second kappa shape index (κ2) is 9.83. The SMILES string of the molecule is CCCCN(C(=O)C[C@@H]1C(=O)NCCN1Cc1ccccn1)C1CCCC1. The van der Waals surface area contributed by atoms with E-state index < -0.39 is 6.04 Å². The number of rotatable bonds is 8. The Hall–Kier alpha value is -1.95. The third kappa shape index (κ3) is 5.28. The van der Waals surface area contributed by atoms with Crippen molar-refractivity contribution >= 4 is 11.8 Å². The van der Waals surface area contributed by atoms with Gasteiger partial charge in [0.15, 0.2) is 0 Å². The Kier molecular flexibility index (Phi) is 7.21. The number of hydrogen-bond acceptors (Lipinski definition) is 4. The Morgan fingerprint density at radius 1 is 1.33 bits per heavy atom. The summed E-state index contributed by atoms with van der Waals surface area (Å²) in [5, 5.41) is 2.93. The molecule has 0 spiro atoms. The van der Waals surface area contributed by atoms with E-state index in [1.54, 1.807) is 6.20 Å². The maximum absolute atomic E-state index is 13.2. The molecular formula is C21H32N4O2. The largest absolute Gasteiger partial charge is 0.353 e. The first-order valence-electron chi connectivity index (χ1n) is 10.4. The summed E-state index contributed by atoms with van der Waals surface area (Å²) in [5.41, 5.74) is 0.934. The minimum Gasteiger partial charge on any atom is -0.353 e. The molecule has 6 heteroatoms. The molecule has 148 valence electrons. The molecule has 2 fully saturated rings. The van der Waals surface area contributed by atoms with Gasteiger partial charge >= 0.3 is 0 Å². The molecule has 1 aromatic heterocycles. The maximum Gasteiger partial charge on any atom is 0.237 e. The van der Waals surface area contributed by atoms with E-state index in [0.717, 1.165) is 44.5 Å². The zero-order valence-corrected chi connectivity index (χ0v) is 16.4. The van der Waals surface area contributed by atoms with Crippen LogP contribution in [0.25, 0.3) is 0 Å². The lowest BCUT2D eigenvalue weighted by Crippen LogP contribution is -2.56. The summed E-state index contributed by atoms with van der Waals surface area (Å²) in [6.07, 6.45) is 8.74. The van der Waals surface area contributed by atoms with Gasteiger partial charge in [0.05, 0.1) is 18.2 Å². The van der Waals surface area contributed by atoms with Crippen molar-refractivity contribution in [1.29, 1.82) is 0 Å². The molecule has 2 aliphatic rings. The Bertz CT molecular complexity index is 616. The van der Waals surface area contributed by atoms with Crippen LogP contribution in [-0.4, -0.2) is 58.3 Å². The van der Waals surface area contributed by atoms with Crippen LogP contribution >= 0.6 is 0 Å². The summed E-state index contributed by atoms with van der Waals surface area (Å²) in [5.74, 6) is 0.0933. The average Bonchev–Trinajstić information content (AvgIpc) is 3.20. The number of pyridine rings is 1. The van der Waals surface area contributed by atoms with E-state index in [1.165, 1.54) is 12.8 Å². The minimum absolute atomic E-state index is 0.0348. The van der Waals surface area contributed by atoms with Gasteiger partial charge in [0.1, 0.15) is 0 Å². The second-order valence-electron chi connectivity index (χ2n) is 7.68. The van der Waals surface area contributed by atoms with Gasteiger partial charge in [0.25, 0.3) is 0 Å². The fraction of sp³-hybridized carbons (Fsp3) is 0.667. The van der Waals surface area contributed by atoms with Crippen LogP contribution in [0.4, 0.5) is 0 Å². The molecule has 0 aromatic carbocycles. The highest BCUT2D eigenvalue weighted by Gasteiger charge is 2.35. The van der Waals surface area contributed by atoms with Gasteiger partial charge in [0.2, 0.25) is 11.8 Å². The summed E-state index contributed by atoms with van der Waals surface area (Å²) in [6, 6.07) is 5.77. The molecule has 27 heavy (non-hydrogen) atoms. The highest BCUT2D eigenvalue weighted by molar-refractivity contribution is 5.89. The molecule has 1 aliphatic carbocycles. The summed E-state index contributed by atoms with van der Waals surface area (Å²) in [7, 11) is 0. The van der Waals surface area contributed by atoms with Crippen molar-refractivity contribution < 1.29 is 9.59 Å². The smallest absolute Gasteiger partial charge is 0.237 e. The molecule has 3 rings (SSSR count). The predicted molar refractivity (Wildman–Crippen MR) is 105 cm³/mol. The summed E-state index contributed by atoms with van der Waals surface area (Å²) in [4.78, 5) is 34.2. The number of aromatic nitrogens is 1. The highest BCUT2D eigenvalue weighted by atomic mass is 16.2. The van der Waals surface area contributed by atoms with Crippen LogP contribution in [0.5, 0.6) is 0 Å². The molecule has 2 heterocycles. The zero-order chi connectivity index (χ0) is 19.1. The molecule has 1 aromatic rings. The van der Waals surface area contributed by atoms with Gasteiger partial charge in [-0.2, -0.15) is 0 Å². The Balaban J connectivity index is 1.68. The zero-order valence-electron chi connectivity index (χ0n) is 16.4. The van der Waals surface area contributed by atoms with Crippen LogP contribution in [0, 0.1) is 0 Å². The third-order valence-corrected chi connectivity index (χ3v) is 5.74. The van der Waals surface area contributed by atoms with Gasteiger partial charge in [-0.05, 0) is 31.4 Å². The molecule has 1 atom stereocenters. The maximum atomic E-state index is 13.2. The van der Waals surface area contributed by atoms with Crippen molar-refractivity contribution in [3.63, 3.8) is 0 Å². The molecule has 2 amide bonds. The number of piperazine rings is 1. The van der Waals surface area contributed by atoms with Crippen molar-refractivity contribution in [2.24, 2.45) is 0 Å². The quantitative estimate of drug-likeness (QED) is 0.761. The number of amides is 2. The number of nitrogens with zero attached hydrogens (tertiary/aromatic N) is 3. The molecular weight excluding hydrogens is 340 g/mol. The van der Waals surface area contributed by atoms with E-state index in [-0.39, 0.29) is 18.2 Å². The molecule has 0 bridgehead atoms. The van der Waals surface area contributed by atoms with E-state index >= 15 is 0 Å². The predicted octanol–water partition coefficient (Wildman–Crippen LogP) is 2.34. The normalized spacial score (nSPS) is 21.2. The van der Waals surface area contributed by atoms with E-state index in [2.05, 4.69) is 27.0 Å². The monoisotopic (exact) mass is 372 g/mol. The lowest BCUT2D eigenvalue weighted by molar-refractivity contribution is -0.140. The van der Waals surface area contributed by atoms with Crippen molar-refractivity contribution in [3.05, 3.63) is 30.1 Å². The van der Waals surface area contributed by atoms with Gasteiger partial charge < -0.3 is 10.2 Å². The molecule has 1 saturated heterocycles. The molecule has 1 aliphatic heterocycles. The fourth-order valence-corrected chi connectivity index (χ4v) is 4.21. The number of carbonyl (C=O) groups excluding carboxylic acids is 2. The first-order chi connectivity index (χ1) is 13.2. The number of hydrogen-bond donors (Lipinski definition) is 1. The van der Waals surface area contributed by atoms with Gasteiger partial charge in [-0.15, -0.1) is 0 Å². The van der Waals surface area contributed by atoms with E-state index in [1.807, 2.05) is 18.2 Å². The van der Waals surface area contributed by atoms with Gasteiger partial charge in [-0.25, -0.2) is 0 Å². The van der Waals surface area contributed by atoms with Crippen molar-refractivity contribution in [2.45, 2.75) is 70.5 Å². The van der Waals surface area contributed by atoms with Crippen LogP contribution in [0.3, 0.4) is 0 Å². The van der Waals surface area contributed by atoms with Gasteiger partial charge in [-0.3, -0.25) is 19.5 Å². The highest BCUT2D eigenvalue weighted by Crippen LogP contribution is 2.25. The van der Waals surface area contributed by atoms with Crippen molar-refractivity contribution in [2.75, 3.05) is 19.6 Å². The van der Waals surface area contributed by atoms with Crippen LogP contribution in [-0.2, 0) is 16.1 Å². The fourth-order valence-electron chi connectivity index (χ4n) is 4.21. The second-order valence-corrected chi connectivity index (χ2v) is 7.68. The van der Waals surface area contributed by atoms with Gasteiger partial charge in [-0.1, -0.05) is 32.3 Å². The molecule has 1 N–H and O–H groups in total. The summed E-state index contributed by atoms with van der Waals surface area (Å²) < 4.78 is 0. The first-order valence-corrected chi connectivity index (χ1v) is 10.4. The number of nitrogens with one attached hydrogen (secondary N) is 1. The van der Waals surface area contributed by atoms with E-state index in [4.69, 9.17) is 0 Å². The van der Waals surface area contributed by atoms with Crippen molar-refractivity contribution in [1.82, 2.24) is 20.1 Å². The number of unbranched alkanes of at least 4 members (excludes halogenated alkanes) is 1. The minimum atomic E-state index is -0.404. The molecule has 1 saturated carbocycles. The van der Waals surface area contributed by atoms with Crippen LogP contribution in [0.2, 0.25) is 0 Å². The molecule has 0 radical (unpaired) electrons. The van der Waals surface area contributed by atoms with Crippen LogP contribution in [0.15, 0.2) is 24.4 Å². The van der Waals surface area contributed by atoms with Gasteiger partial charge in [0, 0.05) is 38.4 Å². The standard InChI is InChI=1S/C21H32N4O2/c1-2-3-13-25(18-9-4-5-10-18)20(26)15-19-21(27)23-12-14-24(19)16-17-8-6-7-11-22-17/h6-8,11,18-19H,2-5,9-10,12-16H2,1H3,(H,23,27)/t19-/m1/s1. The Morgan fingerprint density at radius 2 is 2.15 bits per heavy atom. The molecule has 0 unspecified atom stereocenters. The topological polar surface area (TPSA) is 65.5 Å². The lowest BCUT2D eigenvalue weighted by atomic mass is 10.1. The van der Waals surface area contributed by atoms with Crippen molar-refractivity contribution in [3.8, 4) is 0 Å².